The van der Waals surface area contributed by atoms with E-state index < -0.39 is 67.5 Å². The molecular formula is C22H29FN3O10P. The second kappa shape index (κ2) is 10.9. The van der Waals surface area contributed by atoms with Crippen molar-refractivity contribution in [2.75, 3.05) is 6.61 Å². The summed E-state index contributed by atoms with van der Waals surface area (Å²) in [6, 6.07) is 7.38. The summed E-state index contributed by atoms with van der Waals surface area (Å²) in [6.07, 6.45) is -3.63. The molecule has 1 aromatic carbocycles. The van der Waals surface area contributed by atoms with Crippen LogP contribution in [0.1, 0.15) is 33.9 Å². The molecule has 1 saturated heterocycles. The molecule has 4 N–H and O–H groups in total. The van der Waals surface area contributed by atoms with Crippen LogP contribution in [-0.4, -0.2) is 62.0 Å². The number of carbonyl (C=O) groups is 1. The molecule has 15 heteroatoms. The minimum absolute atomic E-state index is 0.0493. The second-order valence-corrected chi connectivity index (χ2v) is 10.6. The molecule has 1 fully saturated rings. The van der Waals surface area contributed by atoms with Crippen molar-refractivity contribution in [3.05, 3.63) is 63.4 Å². The summed E-state index contributed by atoms with van der Waals surface area (Å²) in [5.74, 6) is -3.95. The molecule has 13 nitrogen and oxygen atoms in total. The Kier molecular flexibility index (Phi) is 8.42. The third kappa shape index (κ3) is 6.53. The summed E-state index contributed by atoms with van der Waals surface area (Å²) in [5.41, 5.74) is -4.18. The van der Waals surface area contributed by atoms with Crippen LogP contribution in [0.3, 0.4) is 0 Å². The number of nitrogens with one attached hydrogen (secondary N) is 2. The number of benzene rings is 1. The molecule has 0 unspecified atom stereocenters. The Hall–Kier alpha value is -2.87. The van der Waals surface area contributed by atoms with Crippen molar-refractivity contribution in [1.82, 2.24) is 14.6 Å². The zero-order chi connectivity index (χ0) is 27.6. The van der Waals surface area contributed by atoms with Gasteiger partial charge in [-0.3, -0.25) is 23.7 Å². The quantitative estimate of drug-likeness (QED) is 0.247. The second-order valence-electron chi connectivity index (χ2n) is 8.91. The number of rotatable bonds is 10. The molecule has 37 heavy (non-hydrogen) atoms. The molecule has 6 atom stereocenters. The van der Waals surface area contributed by atoms with Crippen LogP contribution < -0.4 is 20.9 Å². The summed E-state index contributed by atoms with van der Waals surface area (Å²) in [7, 11) is -4.55. The number of H-pyrrole nitrogens is 1. The van der Waals surface area contributed by atoms with Gasteiger partial charge in [0.15, 0.2) is 6.23 Å². The van der Waals surface area contributed by atoms with Gasteiger partial charge in [-0.2, -0.15) is 5.09 Å². The minimum atomic E-state index is -4.55. The van der Waals surface area contributed by atoms with Crippen molar-refractivity contribution in [2.24, 2.45) is 0 Å². The number of ether oxygens (including phenoxy) is 2. The van der Waals surface area contributed by atoms with Gasteiger partial charge in [0.1, 0.15) is 30.1 Å². The van der Waals surface area contributed by atoms with E-state index in [1.54, 1.807) is 32.0 Å². The molecule has 0 radical (unpaired) electrons. The molecule has 0 amide bonds. The first-order valence-electron chi connectivity index (χ1n) is 11.2. The molecular weight excluding hydrogens is 516 g/mol. The summed E-state index contributed by atoms with van der Waals surface area (Å²) in [4.78, 5) is 37.7. The molecule has 1 aromatic heterocycles. The monoisotopic (exact) mass is 545 g/mol. The third-order valence-electron chi connectivity index (χ3n) is 5.33. The number of aromatic amines is 1. The molecule has 0 saturated carbocycles. The van der Waals surface area contributed by atoms with Gasteiger partial charge in [0.05, 0.1) is 6.10 Å². The lowest BCUT2D eigenvalue weighted by Gasteiger charge is -2.29. The van der Waals surface area contributed by atoms with E-state index >= 15 is 4.39 Å². The van der Waals surface area contributed by atoms with Crippen molar-refractivity contribution in [2.45, 2.75) is 63.6 Å². The van der Waals surface area contributed by atoms with Gasteiger partial charge in [0, 0.05) is 12.3 Å². The summed E-state index contributed by atoms with van der Waals surface area (Å²) in [6.45, 7) is 4.29. The number of halogens is 1. The number of aliphatic hydroxyl groups is 2. The number of carbonyl (C=O) groups excluding carboxylic acids is 1. The SMILES string of the molecule is CC(C)OC(=O)[C@H](C)N[P@](=O)(OC[C@@]1(F)O[C@@H](n2ccc(=O)[nH]c2=O)[C@](C)(O)[C@@H]1O)Oc1ccccc1. The average Bonchev–Trinajstić information content (AvgIpc) is 2.98. The van der Waals surface area contributed by atoms with Gasteiger partial charge in [-0.15, -0.1) is 0 Å². The van der Waals surface area contributed by atoms with Crippen LogP contribution in [0.15, 0.2) is 52.2 Å². The molecule has 3 rings (SSSR count). The van der Waals surface area contributed by atoms with Crippen LogP contribution in [0.4, 0.5) is 4.39 Å². The lowest BCUT2D eigenvalue weighted by Crippen LogP contribution is -2.50. The number of nitrogens with zero attached hydrogens (tertiary/aromatic N) is 1. The van der Waals surface area contributed by atoms with E-state index in [0.717, 1.165) is 19.2 Å². The van der Waals surface area contributed by atoms with E-state index in [0.29, 0.717) is 4.57 Å². The molecule has 0 bridgehead atoms. The molecule has 1 aliphatic heterocycles. The summed E-state index contributed by atoms with van der Waals surface area (Å²) < 4.78 is 51.0. The van der Waals surface area contributed by atoms with E-state index in [1.165, 1.54) is 19.1 Å². The smallest absolute Gasteiger partial charge is 0.459 e. The topological polar surface area (TPSA) is 178 Å². The van der Waals surface area contributed by atoms with Crippen LogP contribution in [0.25, 0.3) is 0 Å². The summed E-state index contributed by atoms with van der Waals surface area (Å²) in [5, 5.41) is 23.7. The van der Waals surface area contributed by atoms with Gasteiger partial charge >= 0.3 is 19.4 Å². The first kappa shape index (κ1) is 28.7. The average molecular weight is 545 g/mol. The number of esters is 1. The molecule has 1 aliphatic rings. The maximum Gasteiger partial charge on any atom is 0.459 e. The van der Waals surface area contributed by atoms with E-state index in [1.807, 2.05) is 4.98 Å². The third-order valence-corrected chi connectivity index (χ3v) is 6.95. The molecule has 204 valence electrons. The standard InChI is InChI=1S/C22H29FN3O10P/c1-13(2)34-17(28)14(3)25-37(32,36-15-8-6-5-7-9-15)33-12-22(23)18(29)21(4,31)19(35-22)26-11-10-16(27)24-20(26)30/h5-11,13-14,18-19,29,31H,12H2,1-4H3,(H,25,32)(H,24,27,30)/t14-,18-,19+,21+,22+,37-/m0/s1. The van der Waals surface area contributed by atoms with Crippen LogP contribution in [0.2, 0.25) is 0 Å². The lowest BCUT2D eigenvalue weighted by molar-refractivity contribution is -0.204. The number of para-hydroxylation sites is 1. The van der Waals surface area contributed by atoms with E-state index in [2.05, 4.69) is 5.09 Å². The maximum atomic E-state index is 15.8. The van der Waals surface area contributed by atoms with Crippen LogP contribution in [-0.2, 0) is 23.4 Å². The fourth-order valence-electron chi connectivity index (χ4n) is 3.51. The van der Waals surface area contributed by atoms with E-state index in [4.69, 9.17) is 18.5 Å². The van der Waals surface area contributed by atoms with E-state index in [-0.39, 0.29) is 5.75 Å². The van der Waals surface area contributed by atoms with Gasteiger partial charge in [-0.25, -0.2) is 13.8 Å². The number of alkyl halides is 1. The van der Waals surface area contributed by atoms with Crippen LogP contribution >= 0.6 is 7.75 Å². The Labute approximate surface area is 210 Å². The van der Waals surface area contributed by atoms with Crippen molar-refractivity contribution in [1.29, 1.82) is 0 Å². The predicted octanol–water partition coefficient (Wildman–Crippen LogP) is 0.977. The Bertz CT molecular complexity index is 1270. The van der Waals surface area contributed by atoms with Crippen molar-refractivity contribution in [3.8, 4) is 5.75 Å². The molecule has 2 aromatic rings. The number of hydrogen-bond acceptors (Lipinski definition) is 10. The highest BCUT2D eigenvalue weighted by Gasteiger charge is 2.63. The van der Waals surface area contributed by atoms with E-state index in [9.17, 15) is 29.2 Å². The highest BCUT2D eigenvalue weighted by molar-refractivity contribution is 7.52. The Morgan fingerprint density at radius 3 is 2.51 bits per heavy atom. The largest absolute Gasteiger partial charge is 0.462 e. The van der Waals surface area contributed by atoms with Gasteiger partial charge in [-0.1, -0.05) is 18.2 Å². The first-order chi connectivity index (χ1) is 17.2. The zero-order valence-electron chi connectivity index (χ0n) is 20.5. The fraction of sp³-hybridized carbons (Fsp3) is 0.500. The Morgan fingerprint density at radius 1 is 1.27 bits per heavy atom. The minimum Gasteiger partial charge on any atom is -0.462 e. The highest BCUT2D eigenvalue weighted by Crippen LogP contribution is 2.50. The van der Waals surface area contributed by atoms with Gasteiger partial charge in [0.2, 0.25) is 0 Å². The molecule has 0 spiro atoms. The highest BCUT2D eigenvalue weighted by atomic mass is 31.2. The number of aliphatic hydroxyl groups excluding tert-OH is 1. The number of hydrogen-bond donors (Lipinski definition) is 4. The zero-order valence-corrected chi connectivity index (χ0v) is 21.4. The van der Waals surface area contributed by atoms with Gasteiger partial charge in [0.25, 0.3) is 11.4 Å². The van der Waals surface area contributed by atoms with Crippen molar-refractivity contribution >= 4 is 13.7 Å². The van der Waals surface area contributed by atoms with Crippen LogP contribution in [0, 0.1) is 0 Å². The number of aromatic nitrogens is 2. The fourth-order valence-corrected chi connectivity index (χ4v) is 5.02. The summed E-state index contributed by atoms with van der Waals surface area (Å²) >= 11 is 0. The van der Waals surface area contributed by atoms with Crippen LogP contribution in [0.5, 0.6) is 5.75 Å². The first-order valence-corrected chi connectivity index (χ1v) is 12.8. The van der Waals surface area contributed by atoms with Crippen molar-refractivity contribution < 1.29 is 42.5 Å². The Balaban J connectivity index is 1.86. The van der Waals surface area contributed by atoms with Gasteiger partial charge in [-0.05, 0) is 39.8 Å². The lowest BCUT2D eigenvalue weighted by atomic mass is 9.95. The van der Waals surface area contributed by atoms with Gasteiger partial charge < -0.3 is 24.2 Å². The maximum absolute atomic E-state index is 15.8. The van der Waals surface area contributed by atoms with Crippen molar-refractivity contribution in [3.63, 3.8) is 0 Å². The molecule has 0 aliphatic carbocycles. The predicted molar refractivity (Wildman–Crippen MR) is 126 cm³/mol. The normalized spacial score (nSPS) is 28.0. The Morgan fingerprint density at radius 2 is 1.92 bits per heavy atom. The molecule has 2 heterocycles.